The number of aliphatic carboxylic acids is 1. The zero-order chi connectivity index (χ0) is 17.1. The topological polar surface area (TPSA) is 76.7 Å². The van der Waals surface area contributed by atoms with E-state index in [0.29, 0.717) is 17.8 Å². The first-order chi connectivity index (χ1) is 11.6. The number of carboxylic acid groups (broad SMARTS) is 1. The van der Waals surface area contributed by atoms with E-state index < -0.39 is 18.2 Å². The third kappa shape index (κ3) is 3.15. The molecule has 2 aromatic carbocycles. The molecule has 0 aliphatic carbocycles. The number of carbonyl (C=O) groups is 1. The van der Waals surface area contributed by atoms with Crippen molar-refractivity contribution in [1.29, 1.82) is 0 Å². The first-order valence-corrected chi connectivity index (χ1v) is 7.59. The van der Waals surface area contributed by atoms with Crippen LogP contribution < -0.4 is 10.4 Å². The lowest BCUT2D eigenvalue weighted by Gasteiger charge is -2.12. The smallest absolute Gasteiger partial charge is 0.341 e. The molecule has 0 atom stereocenters. The van der Waals surface area contributed by atoms with E-state index in [1.807, 2.05) is 43.3 Å². The summed E-state index contributed by atoms with van der Waals surface area (Å²) in [5, 5.41) is 9.58. The standard InChI is InChI=1S/C19H16O5/c1-2-12-8-15-14(13-6-4-3-5-7-13)9-19(22)24-17(15)10-16(12)23-11-18(20)21/h3-10H,2,11H2,1H3,(H,20,21). The van der Waals surface area contributed by atoms with E-state index in [1.165, 1.54) is 6.07 Å². The summed E-state index contributed by atoms with van der Waals surface area (Å²) in [6.07, 6.45) is 0.665. The van der Waals surface area contributed by atoms with E-state index in [-0.39, 0.29) is 0 Å². The van der Waals surface area contributed by atoms with Crippen LogP contribution in [0.4, 0.5) is 0 Å². The summed E-state index contributed by atoms with van der Waals surface area (Å²) < 4.78 is 10.6. The van der Waals surface area contributed by atoms with Crippen molar-refractivity contribution in [3.63, 3.8) is 0 Å². The Hall–Kier alpha value is -3.08. The van der Waals surface area contributed by atoms with E-state index >= 15 is 0 Å². The monoisotopic (exact) mass is 324 g/mol. The van der Waals surface area contributed by atoms with E-state index in [0.717, 1.165) is 22.1 Å². The van der Waals surface area contributed by atoms with Crippen LogP contribution in [0.15, 0.2) is 57.7 Å². The molecule has 0 saturated heterocycles. The molecule has 0 amide bonds. The van der Waals surface area contributed by atoms with Crippen molar-refractivity contribution in [2.24, 2.45) is 0 Å². The summed E-state index contributed by atoms with van der Waals surface area (Å²) in [5.74, 6) is -0.641. The SMILES string of the molecule is CCc1cc2c(-c3ccccc3)cc(=O)oc2cc1OCC(=O)O. The second-order valence-corrected chi connectivity index (χ2v) is 5.34. The number of fused-ring (bicyclic) bond motifs is 1. The van der Waals surface area contributed by atoms with Crippen LogP contribution >= 0.6 is 0 Å². The van der Waals surface area contributed by atoms with Gasteiger partial charge < -0.3 is 14.3 Å². The number of carboxylic acids is 1. The first kappa shape index (κ1) is 15.8. The van der Waals surface area contributed by atoms with Gasteiger partial charge >= 0.3 is 11.6 Å². The quantitative estimate of drug-likeness (QED) is 0.727. The van der Waals surface area contributed by atoms with Crippen molar-refractivity contribution in [2.75, 3.05) is 6.61 Å². The van der Waals surface area contributed by atoms with Crippen LogP contribution in [-0.4, -0.2) is 17.7 Å². The minimum absolute atomic E-state index is 0.374. The van der Waals surface area contributed by atoms with Crippen molar-refractivity contribution in [3.8, 4) is 16.9 Å². The second-order valence-electron chi connectivity index (χ2n) is 5.34. The van der Waals surface area contributed by atoms with Crippen LogP contribution in [-0.2, 0) is 11.2 Å². The van der Waals surface area contributed by atoms with Gasteiger partial charge in [0.1, 0.15) is 11.3 Å². The molecule has 0 fully saturated rings. The van der Waals surface area contributed by atoms with E-state index in [4.69, 9.17) is 14.3 Å². The molecule has 0 spiro atoms. The number of hydrogen-bond acceptors (Lipinski definition) is 4. The van der Waals surface area contributed by atoms with Crippen molar-refractivity contribution in [3.05, 3.63) is 64.5 Å². The van der Waals surface area contributed by atoms with Gasteiger partial charge in [-0.15, -0.1) is 0 Å². The van der Waals surface area contributed by atoms with E-state index in [2.05, 4.69) is 0 Å². The molecule has 0 aliphatic rings. The van der Waals surface area contributed by atoms with Crippen LogP contribution in [0.1, 0.15) is 12.5 Å². The first-order valence-electron chi connectivity index (χ1n) is 7.59. The van der Waals surface area contributed by atoms with Crippen molar-refractivity contribution in [1.82, 2.24) is 0 Å². The van der Waals surface area contributed by atoms with Gasteiger partial charge in [-0.25, -0.2) is 9.59 Å². The fourth-order valence-corrected chi connectivity index (χ4v) is 2.64. The van der Waals surface area contributed by atoms with Gasteiger partial charge in [-0.3, -0.25) is 0 Å². The van der Waals surface area contributed by atoms with Gasteiger partial charge in [0, 0.05) is 17.5 Å². The summed E-state index contributed by atoms with van der Waals surface area (Å²) >= 11 is 0. The molecule has 3 rings (SSSR count). The molecule has 122 valence electrons. The largest absolute Gasteiger partial charge is 0.481 e. The van der Waals surface area contributed by atoms with Gasteiger partial charge in [-0.1, -0.05) is 37.3 Å². The van der Waals surface area contributed by atoms with E-state index in [1.54, 1.807) is 6.07 Å². The molecule has 0 saturated carbocycles. The molecule has 0 bridgehead atoms. The second kappa shape index (κ2) is 6.58. The minimum Gasteiger partial charge on any atom is -0.481 e. The van der Waals surface area contributed by atoms with Gasteiger partial charge in [0.15, 0.2) is 6.61 Å². The summed E-state index contributed by atoms with van der Waals surface area (Å²) in [6.45, 7) is 1.51. The molecule has 1 heterocycles. The van der Waals surface area contributed by atoms with Crippen LogP contribution in [0.2, 0.25) is 0 Å². The molecule has 1 aromatic heterocycles. The Morgan fingerprint density at radius 1 is 1.17 bits per heavy atom. The van der Waals surface area contributed by atoms with Crippen LogP contribution in [0.3, 0.4) is 0 Å². The average molecular weight is 324 g/mol. The molecule has 24 heavy (non-hydrogen) atoms. The van der Waals surface area contributed by atoms with Gasteiger partial charge in [0.2, 0.25) is 0 Å². The minimum atomic E-state index is -1.06. The Morgan fingerprint density at radius 3 is 2.58 bits per heavy atom. The predicted molar refractivity (Wildman–Crippen MR) is 90.4 cm³/mol. The third-order valence-corrected chi connectivity index (χ3v) is 3.74. The molecule has 0 aliphatic heterocycles. The third-order valence-electron chi connectivity index (χ3n) is 3.74. The molecule has 0 radical (unpaired) electrons. The molecular formula is C19H16O5. The number of ether oxygens (including phenoxy) is 1. The zero-order valence-corrected chi connectivity index (χ0v) is 13.1. The number of hydrogen-bond donors (Lipinski definition) is 1. The maximum atomic E-state index is 11.9. The maximum absolute atomic E-state index is 11.9. The molecular weight excluding hydrogens is 308 g/mol. The van der Waals surface area contributed by atoms with Gasteiger partial charge in [-0.2, -0.15) is 0 Å². The van der Waals surface area contributed by atoms with Gasteiger partial charge in [0.05, 0.1) is 0 Å². The Labute approximate surface area is 138 Å². The summed E-state index contributed by atoms with van der Waals surface area (Å²) in [5.41, 5.74) is 2.46. The van der Waals surface area contributed by atoms with Crippen molar-refractivity contribution < 1.29 is 19.1 Å². The van der Waals surface area contributed by atoms with Gasteiger partial charge in [0.25, 0.3) is 0 Å². The fraction of sp³-hybridized carbons (Fsp3) is 0.158. The average Bonchev–Trinajstić information content (AvgIpc) is 2.59. The predicted octanol–water partition coefficient (Wildman–Crippen LogP) is 3.49. The Morgan fingerprint density at radius 2 is 1.92 bits per heavy atom. The fourth-order valence-electron chi connectivity index (χ4n) is 2.64. The molecule has 3 aromatic rings. The Kier molecular flexibility index (Phi) is 4.33. The Balaban J connectivity index is 2.21. The van der Waals surface area contributed by atoms with Crippen LogP contribution in [0, 0.1) is 0 Å². The highest BCUT2D eigenvalue weighted by molar-refractivity contribution is 5.94. The highest BCUT2D eigenvalue weighted by Gasteiger charge is 2.13. The lowest BCUT2D eigenvalue weighted by atomic mass is 9.99. The molecule has 5 heteroatoms. The summed E-state index contributed by atoms with van der Waals surface area (Å²) in [6, 6.07) is 14.5. The van der Waals surface area contributed by atoms with Crippen LogP contribution in [0.5, 0.6) is 5.75 Å². The normalized spacial score (nSPS) is 10.7. The zero-order valence-electron chi connectivity index (χ0n) is 13.1. The van der Waals surface area contributed by atoms with Crippen molar-refractivity contribution >= 4 is 16.9 Å². The number of aryl methyl sites for hydroxylation is 1. The van der Waals surface area contributed by atoms with Gasteiger partial charge in [-0.05, 0) is 29.2 Å². The Bertz CT molecular complexity index is 941. The lowest BCUT2D eigenvalue weighted by Crippen LogP contribution is -2.10. The summed E-state index contributed by atoms with van der Waals surface area (Å²) in [4.78, 5) is 22.6. The maximum Gasteiger partial charge on any atom is 0.341 e. The molecule has 0 unspecified atom stereocenters. The summed E-state index contributed by atoms with van der Waals surface area (Å²) in [7, 11) is 0. The number of rotatable bonds is 5. The molecule has 1 N–H and O–H groups in total. The highest BCUT2D eigenvalue weighted by Crippen LogP contribution is 2.32. The molecule has 5 nitrogen and oxygen atoms in total. The van der Waals surface area contributed by atoms with E-state index in [9.17, 15) is 9.59 Å². The van der Waals surface area contributed by atoms with Crippen LogP contribution in [0.25, 0.3) is 22.1 Å². The number of benzene rings is 2. The highest BCUT2D eigenvalue weighted by atomic mass is 16.5. The van der Waals surface area contributed by atoms with Crippen molar-refractivity contribution in [2.45, 2.75) is 13.3 Å². The lowest BCUT2D eigenvalue weighted by molar-refractivity contribution is -0.139.